The fourth-order valence-electron chi connectivity index (χ4n) is 1.87. The number of carbonyl (C=O) groups is 1. The van der Waals surface area contributed by atoms with Gasteiger partial charge in [-0.25, -0.2) is 0 Å². The van der Waals surface area contributed by atoms with Crippen molar-refractivity contribution in [1.82, 2.24) is 10.6 Å². The smallest absolute Gasteiger partial charge is 0.224 e. The molecule has 1 saturated heterocycles. The third-order valence-electron chi connectivity index (χ3n) is 2.80. The van der Waals surface area contributed by atoms with Crippen LogP contribution in [0.15, 0.2) is 0 Å². The molecule has 15 heavy (non-hydrogen) atoms. The van der Waals surface area contributed by atoms with Crippen molar-refractivity contribution in [3.8, 4) is 0 Å². The number of carbonyl (C=O) groups excluding carboxylic acids is 1. The Bertz CT molecular complexity index is 191. The predicted octanol–water partition coefficient (Wildman–Crippen LogP) is 0.263. The number of aliphatic hydroxyl groups is 1. The van der Waals surface area contributed by atoms with E-state index in [9.17, 15) is 9.90 Å². The fraction of sp³-hybridized carbons (Fsp3) is 0.909. The van der Waals surface area contributed by atoms with Crippen LogP contribution in [0, 0.1) is 5.92 Å². The van der Waals surface area contributed by atoms with Gasteiger partial charge >= 0.3 is 0 Å². The molecule has 88 valence electrons. The molecule has 4 heteroatoms. The second-order valence-electron chi connectivity index (χ2n) is 4.23. The molecule has 0 radical (unpaired) electrons. The summed E-state index contributed by atoms with van der Waals surface area (Å²) in [5.74, 6) is 0.171. The van der Waals surface area contributed by atoms with Crippen LogP contribution in [0.5, 0.6) is 0 Å². The summed E-state index contributed by atoms with van der Waals surface area (Å²) < 4.78 is 0. The molecule has 1 amide bonds. The van der Waals surface area contributed by atoms with Crippen LogP contribution in [0.4, 0.5) is 0 Å². The Balaban J connectivity index is 2.16. The summed E-state index contributed by atoms with van der Waals surface area (Å²) in [6.07, 6.45) is 3.33. The van der Waals surface area contributed by atoms with Crippen LogP contribution < -0.4 is 10.6 Å². The van der Waals surface area contributed by atoms with E-state index in [-0.39, 0.29) is 11.8 Å². The van der Waals surface area contributed by atoms with Crippen LogP contribution in [0.1, 0.15) is 32.6 Å². The number of nitrogens with one attached hydrogen (secondary N) is 2. The van der Waals surface area contributed by atoms with E-state index in [1.165, 1.54) is 0 Å². The van der Waals surface area contributed by atoms with Gasteiger partial charge in [-0.2, -0.15) is 0 Å². The highest BCUT2D eigenvalue weighted by molar-refractivity contribution is 5.78. The lowest BCUT2D eigenvalue weighted by molar-refractivity contribution is -0.125. The van der Waals surface area contributed by atoms with Crippen molar-refractivity contribution < 1.29 is 9.90 Å². The van der Waals surface area contributed by atoms with E-state index in [0.29, 0.717) is 6.54 Å². The van der Waals surface area contributed by atoms with E-state index >= 15 is 0 Å². The molecule has 1 unspecified atom stereocenters. The van der Waals surface area contributed by atoms with Crippen molar-refractivity contribution >= 4 is 5.91 Å². The van der Waals surface area contributed by atoms with Crippen molar-refractivity contribution in [3.05, 3.63) is 0 Å². The number of aliphatic hydroxyl groups excluding tert-OH is 1. The zero-order chi connectivity index (χ0) is 11.1. The van der Waals surface area contributed by atoms with Crippen molar-refractivity contribution in [1.29, 1.82) is 0 Å². The lowest BCUT2D eigenvalue weighted by Gasteiger charge is -2.22. The normalized spacial score (nSPS) is 23.5. The zero-order valence-electron chi connectivity index (χ0n) is 9.46. The third kappa shape index (κ3) is 4.62. The van der Waals surface area contributed by atoms with Crippen LogP contribution in [0.2, 0.25) is 0 Å². The highest BCUT2D eigenvalue weighted by atomic mass is 16.3. The molecule has 0 aromatic heterocycles. The molecule has 1 aliphatic rings. The van der Waals surface area contributed by atoms with Gasteiger partial charge in [0.05, 0.1) is 12.0 Å². The minimum Gasteiger partial charge on any atom is -0.391 e. The van der Waals surface area contributed by atoms with Gasteiger partial charge in [0.15, 0.2) is 0 Å². The second-order valence-corrected chi connectivity index (χ2v) is 4.23. The second kappa shape index (κ2) is 6.80. The molecule has 1 rings (SSSR count). The minimum absolute atomic E-state index is 0.0809. The Morgan fingerprint density at radius 2 is 2.47 bits per heavy atom. The van der Waals surface area contributed by atoms with E-state index in [1.807, 2.05) is 6.92 Å². The average Bonchev–Trinajstić information content (AvgIpc) is 2.27. The van der Waals surface area contributed by atoms with Crippen LogP contribution in [0.3, 0.4) is 0 Å². The van der Waals surface area contributed by atoms with E-state index in [4.69, 9.17) is 0 Å². The molecule has 2 atom stereocenters. The van der Waals surface area contributed by atoms with Gasteiger partial charge in [0.25, 0.3) is 0 Å². The lowest BCUT2D eigenvalue weighted by atomic mass is 9.99. The minimum atomic E-state index is -0.393. The summed E-state index contributed by atoms with van der Waals surface area (Å²) in [6.45, 7) is 4.21. The fourth-order valence-corrected chi connectivity index (χ4v) is 1.87. The number of amides is 1. The van der Waals surface area contributed by atoms with Crippen molar-refractivity contribution in [2.45, 2.75) is 38.7 Å². The monoisotopic (exact) mass is 214 g/mol. The third-order valence-corrected chi connectivity index (χ3v) is 2.80. The van der Waals surface area contributed by atoms with Crippen LogP contribution in [-0.2, 0) is 4.79 Å². The van der Waals surface area contributed by atoms with E-state index < -0.39 is 6.10 Å². The van der Waals surface area contributed by atoms with Crippen molar-refractivity contribution in [2.24, 2.45) is 5.92 Å². The molecular formula is C11H22N2O2. The lowest BCUT2D eigenvalue weighted by Crippen LogP contribution is -2.42. The number of rotatable bonds is 5. The molecule has 0 bridgehead atoms. The number of hydrogen-bond acceptors (Lipinski definition) is 3. The zero-order valence-corrected chi connectivity index (χ0v) is 9.46. The summed E-state index contributed by atoms with van der Waals surface area (Å²) in [4.78, 5) is 11.6. The molecule has 1 aliphatic heterocycles. The molecule has 0 saturated carbocycles. The Morgan fingerprint density at radius 3 is 3.07 bits per heavy atom. The highest BCUT2D eigenvalue weighted by Crippen LogP contribution is 2.09. The number of hydrogen-bond donors (Lipinski definition) is 3. The molecule has 0 aliphatic carbocycles. The Hall–Kier alpha value is -0.610. The summed E-state index contributed by atoms with van der Waals surface area (Å²) in [6, 6.07) is 0. The Labute approximate surface area is 91.4 Å². The summed E-state index contributed by atoms with van der Waals surface area (Å²) >= 11 is 0. The van der Waals surface area contributed by atoms with Gasteiger partial charge in [0, 0.05) is 13.1 Å². The van der Waals surface area contributed by atoms with Gasteiger partial charge in [-0.05, 0) is 25.8 Å². The Kier molecular flexibility index (Phi) is 5.65. The first-order valence-corrected chi connectivity index (χ1v) is 5.90. The van der Waals surface area contributed by atoms with E-state index in [2.05, 4.69) is 10.6 Å². The average molecular weight is 214 g/mol. The van der Waals surface area contributed by atoms with Crippen molar-refractivity contribution in [3.63, 3.8) is 0 Å². The maximum Gasteiger partial charge on any atom is 0.224 e. The highest BCUT2D eigenvalue weighted by Gasteiger charge is 2.20. The van der Waals surface area contributed by atoms with Crippen LogP contribution in [0.25, 0.3) is 0 Å². The SMILES string of the molecule is CCCC(O)CNC(=O)[C@@H]1CCCNC1. The van der Waals surface area contributed by atoms with Crippen LogP contribution in [-0.4, -0.2) is 36.8 Å². The van der Waals surface area contributed by atoms with Gasteiger partial charge in [-0.15, -0.1) is 0 Å². The summed E-state index contributed by atoms with van der Waals surface area (Å²) in [5.41, 5.74) is 0. The standard InChI is InChI=1S/C11H22N2O2/c1-2-4-10(14)8-13-11(15)9-5-3-6-12-7-9/h9-10,12,14H,2-8H2,1H3,(H,13,15)/t9-,10?/m1/s1. The maximum absolute atomic E-state index is 11.6. The molecule has 0 aromatic carbocycles. The van der Waals surface area contributed by atoms with Crippen molar-refractivity contribution in [2.75, 3.05) is 19.6 Å². The van der Waals surface area contributed by atoms with Gasteiger partial charge in [-0.3, -0.25) is 4.79 Å². The topological polar surface area (TPSA) is 61.4 Å². The molecule has 1 heterocycles. The maximum atomic E-state index is 11.6. The molecule has 4 nitrogen and oxygen atoms in total. The van der Waals surface area contributed by atoms with E-state index in [0.717, 1.165) is 38.8 Å². The van der Waals surface area contributed by atoms with E-state index in [1.54, 1.807) is 0 Å². The van der Waals surface area contributed by atoms with Gasteiger partial charge in [0.1, 0.15) is 0 Å². The molecule has 1 fully saturated rings. The van der Waals surface area contributed by atoms with Crippen LogP contribution >= 0.6 is 0 Å². The molecule has 0 spiro atoms. The predicted molar refractivity (Wildman–Crippen MR) is 59.5 cm³/mol. The quantitative estimate of drug-likeness (QED) is 0.615. The summed E-state index contributed by atoms with van der Waals surface area (Å²) in [5, 5.41) is 15.5. The van der Waals surface area contributed by atoms with Gasteiger partial charge < -0.3 is 15.7 Å². The van der Waals surface area contributed by atoms with Gasteiger partial charge in [-0.1, -0.05) is 13.3 Å². The number of piperidine rings is 1. The Morgan fingerprint density at radius 1 is 1.67 bits per heavy atom. The molecular weight excluding hydrogens is 192 g/mol. The molecule has 3 N–H and O–H groups in total. The largest absolute Gasteiger partial charge is 0.391 e. The van der Waals surface area contributed by atoms with Gasteiger partial charge in [0.2, 0.25) is 5.91 Å². The molecule has 0 aromatic rings. The first-order chi connectivity index (χ1) is 7.24. The summed E-state index contributed by atoms with van der Waals surface area (Å²) in [7, 11) is 0. The first kappa shape index (κ1) is 12.5. The first-order valence-electron chi connectivity index (χ1n) is 5.90.